The van der Waals surface area contributed by atoms with Gasteiger partial charge in [0.2, 0.25) is 0 Å². The quantitative estimate of drug-likeness (QED) is 0.512. The first kappa shape index (κ1) is 19.0. The van der Waals surface area contributed by atoms with Gasteiger partial charge in [0, 0.05) is 5.02 Å². The lowest BCUT2D eigenvalue weighted by atomic mass is 10.2. The molecule has 1 saturated heterocycles. The van der Waals surface area contributed by atoms with E-state index >= 15 is 0 Å². The fraction of sp³-hybridized carbons (Fsp3) is 0.158. The molecule has 1 aliphatic heterocycles. The molecule has 134 valence electrons. The van der Waals surface area contributed by atoms with Gasteiger partial charge < -0.3 is 4.74 Å². The Hall–Kier alpha value is -1.76. The van der Waals surface area contributed by atoms with Crippen LogP contribution in [0, 0.1) is 0 Å². The molecule has 0 unspecified atom stereocenters. The molecule has 0 spiro atoms. The molecule has 1 aliphatic rings. The fourth-order valence-corrected chi connectivity index (χ4v) is 3.85. The Bertz CT molecular complexity index is 883. The van der Waals surface area contributed by atoms with Crippen LogP contribution in [0.2, 0.25) is 5.02 Å². The molecule has 0 atom stereocenters. The number of thioether (sulfide) groups is 1. The number of anilines is 1. The summed E-state index contributed by atoms with van der Waals surface area (Å²) in [5, 5.41) is 0.219. The first-order valence-electron chi connectivity index (χ1n) is 7.95. The van der Waals surface area contributed by atoms with E-state index in [1.165, 1.54) is 0 Å². The summed E-state index contributed by atoms with van der Waals surface area (Å²) in [6.45, 7) is 2.68. The standard InChI is InChI=1S/C19H15BrClNO3S/c1-2-9-25-16-8-3-12(10-15(16)20)11-17-18(23)22(19(24)26-17)14-6-4-13(21)5-7-14/h3-8,10-11H,2,9H2,1H3/b17-11+. The van der Waals surface area contributed by atoms with Crippen molar-refractivity contribution in [1.29, 1.82) is 0 Å². The number of carbonyl (C=O) groups excluding carboxylic acids is 2. The third-order valence-electron chi connectivity index (χ3n) is 3.59. The minimum Gasteiger partial charge on any atom is -0.492 e. The summed E-state index contributed by atoms with van der Waals surface area (Å²) in [5.41, 5.74) is 1.31. The molecule has 3 rings (SSSR count). The molecule has 26 heavy (non-hydrogen) atoms. The highest BCUT2D eigenvalue weighted by Crippen LogP contribution is 2.36. The van der Waals surface area contributed by atoms with Crippen molar-refractivity contribution in [2.45, 2.75) is 13.3 Å². The van der Waals surface area contributed by atoms with Crippen molar-refractivity contribution in [3.8, 4) is 5.75 Å². The molecule has 0 aliphatic carbocycles. The summed E-state index contributed by atoms with van der Waals surface area (Å²) in [4.78, 5) is 26.4. The van der Waals surface area contributed by atoms with Gasteiger partial charge in [-0.05, 0) is 82.2 Å². The van der Waals surface area contributed by atoms with Crippen molar-refractivity contribution in [3.05, 3.63) is 62.4 Å². The van der Waals surface area contributed by atoms with Gasteiger partial charge in [0.1, 0.15) is 5.75 Å². The molecular formula is C19H15BrClNO3S. The number of hydrogen-bond donors (Lipinski definition) is 0. The van der Waals surface area contributed by atoms with E-state index < -0.39 is 0 Å². The highest BCUT2D eigenvalue weighted by molar-refractivity contribution is 9.10. The maximum Gasteiger partial charge on any atom is 0.298 e. The Morgan fingerprint density at radius 3 is 2.58 bits per heavy atom. The number of nitrogens with zero attached hydrogens (tertiary/aromatic N) is 1. The van der Waals surface area contributed by atoms with E-state index in [0.29, 0.717) is 22.2 Å². The predicted octanol–water partition coefficient (Wildman–Crippen LogP) is 6.13. The normalized spacial score (nSPS) is 15.8. The number of carbonyl (C=O) groups is 2. The average molecular weight is 453 g/mol. The maximum atomic E-state index is 12.6. The van der Waals surface area contributed by atoms with Crippen LogP contribution in [-0.4, -0.2) is 17.8 Å². The molecule has 2 amide bonds. The maximum absolute atomic E-state index is 12.6. The highest BCUT2D eigenvalue weighted by atomic mass is 79.9. The van der Waals surface area contributed by atoms with E-state index in [1.807, 2.05) is 25.1 Å². The first-order chi connectivity index (χ1) is 12.5. The van der Waals surface area contributed by atoms with Crippen molar-refractivity contribution in [2.24, 2.45) is 0 Å². The van der Waals surface area contributed by atoms with Crippen molar-refractivity contribution in [1.82, 2.24) is 0 Å². The van der Waals surface area contributed by atoms with Gasteiger partial charge in [-0.2, -0.15) is 0 Å². The number of rotatable bonds is 5. The number of benzene rings is 2. The van der Waals surface area contributed by atoms with Crippen LogP contribution in [0.5, 0.6) is 5.75 Å². The Balaban J connectivity index is 1.83. The van der Waals surface area contributed by atoms with Gasteiger partial charge in [-0.3, -0.25) is 9.59 Å². The second-order valence-electron chi connectivity index (χ2n) is 5.53. The lowest BCUT2D eigenvalue weighted by Crippen LogP contribution is -2.27. The van der Waals surface area contributed by atoms with E-state index in [1.54, 1.807) is 30.3 Å². The SMILES string of the molecule is CCCOc1ccc(/C=C2/SC(=O)N(c3ccc(Cl)cc3)C2=O)cc1Br. The van der Waals surface area contributed by atoms with Gasteiger partial charge in [-0.25, -0.2) is 4.90 Å². The van der Waals surface area contributed by atoms with Gasteiger partial charge in [-0.1, -0.05) is 24.6 Å². The summed E-state index contributed by atoms with van der Waals surface area (Å²) in [6.07, 6.45) is 2.63. The zero-order valence-corrected chi connectivity index (χ0v) is 17.0. The minimum absolute atomic E-state index is 0.328. The van der Waals surface area contributed by atoms with Gasteiger partial charge in [0.25, 0.3) is 11.1 Å². The smallest absolute Gasteiger partial charge is 0.298 e. The molecule has 0 radical (unpaired) electrons. The fourth-order valence-electron chi connectivity index (χ4n) is 2.37. The average Bonchev–Trinajstić information content (AvgIpc) is 2.89. The molecule has 0 N–H and O–H groups in total. The van der Waals surface area contributed by atoms with E-state index in [2.05, 4.69) is 15.9 Å². The van der Waals surface area contributed by atoms with Crippen molar-refractivity contribution < 1.29 is 14.3 Å². The second kappa shape index (κ2) is 8.29. The molecule has 0 saturated carbocycles. The lowest BCUT2D eigenvalue weighted by molar-refractivity contribution is -0.113. The van der Waals surface area contributed by atoms with Gasteiger partial charge in [0.15, 0.2) is 0 Å². The van der Waals surface area contributed by atoms with E-state index in [4.69, 9.17) is 16.3 Å². The molecular weight excluding hydrogens is 438 g/mol. The number of amides is 2. The van der Waals surface area contributed by atoms with Crippen LogP contribution in [0.25, 0.3) is 6.08 Å². The van der Waals surface area contributed by atoms with Crippen molar-refractivity contribution in [3.63, 3.8) is 0 Å². The van der Waals surface area contributed by atoms with Crippen LogP contribution in [0.4, 0.5) is 10.5 Å². The van der Waals surface area contributed by atoms with Gasteiger partial charge in [-0.15, -0.1) is 0 Å². The molecule has 0 aromatic heterocycles. The van der Waals surface area contributed by atoms with Gasteiger partial charge >= 0.3 is 0 Å². The molecule has 7 heteroatoms. The van der Waals surface area contributed by atoms with Crippen LogP contribution in [0.1, 0.15) is 18.9 Å². The predicted molar refractivity (Wildman–Crippen MR) is 110 cm³/mol. The van der Waals surface area contributed by atoms with Crippen molar-refractivity contribution >= 4 is 62.2 Å². The number of hydrogen-bond acceptors (Lipinski definition) is 4. The lowest BCUT2D eigenvalue weighted by Gasteiger charge is -2.12. The van der Waals surface area contributed by atoms with Crippen LogP contribution in [-0.2, 0) is 4.79 Å². The first-order valence-corrected chi connectivity index (χ1v) is 9.94. The topological polar surface area (TPSA) is 46.6 Å². The van der Waals surface area contributed by atoms with Crippen LogP contribution >= 0.6 is 39.3 Å². The largest absolute Gasteiger partial charge is 0.492 e. The molecule has 1 heterocycles. The van der Waals surface area contributed by atoms with Crippen LogP contribution < -0.4 is 9.64 Å². The summed E-state index contributed by atoms with van der Waals surface area (Å²) in [6, 6.07) is 12.2. The summed E-state index contributed by atoms with van der Waals surface area (Å²) in [7, 11) is 0. The Kier molecular flexibility index (Phi) is 6.06. The zero-order valence-electron chi connectivity index (χ0n) is 13.9. The summed E-state index contributed by atoms with van der Waals surface area (Å²) >= 11 is 10.3. The molecule has 0 bridgehead atoms. The second-order valence-corrected chi connectivity index (χ2v) is 7.82. The molecule has 2 aromatic rings. The van der Waals surface area contributed by atoms with Crippen LogP contribution in [0.15, 0.2) is 51.8 Å². The Morgan fingerprint density at radius 1 is 1.19 bits per heavy atom. The minimum atomic E-state index is -0.343. The van der Waals surface area contributed by atoms with E-state index in [-0.39, 0.29) is 11.1 Å². The third-order valence-corrected chi connectivity index (χ3v) is 5.34. The summed E-state index contributed by atoms with van der Waals surface area (Å²) < 4.78 is 6.42. The highest BCUT2D eigenvalue weighted by Gasteiger charge is 2.36. The number of halogens is 2. The molecule has 4 nitrogen and oxygen atoms in total. The monoisotopic (exact) mass is 451 g/mol. The van der Waals surface area contributed by atoms with E-state index in [9.17, 15) is 9.59 Å². The third kappa shape index (κ3) is 4.14. The zero-order chi connectivity index (χ0) is 18.7. The molecule has 1 fully saturated rings. The van der Waals surface area contributed by atoms with E-state index in [0.717, 1.165) is 38.9 Å². The summed E-state index contributed by atoms with van der Waals surface area (Å²) in [5.74, 6) is 0.406. The van der Waals surface area contributed by atoms with Crippen LogP contribution in [0.3, 0.4) is 0 Å². The Morgan fingerprint density at radius 2 is 1.92 bits per heavy atom. The number of imide groups is 1. The van der Waals surface area contributed by atoms with Gasteiger partial charge in [0.05, 0.1) is 21.7 Å². The molecule has 2 aromatic carbocycles. The Labute approximate surface area is 169 Å². The number of ether oxygens (including phenoxy) is 1. The van der Waals surface area contributed by atoms with Crippen molar-refractivity contribution in [2.75, 3.05) is 11.5 Å².